The summed E-state index contributed by atoms with van der Waals surface area (Å²) in [6, 6.07) is 11.2. The van der Waals surface area contributed by atoms with Crippen LogP contribution in [0.25, 0.3) is 0 Å². The van der Waals surface area contributed by atoms with Crippen LogP contribution in [0.15, 0.2) is 41.3 Å². The number of benzene rings is 2. The van der Waals surface area contributed by atoms with Crippen molar-refractivity contribution in [1.29, 1.82) is 0 Å². The highest BCUT2D eigenvalue weighted by Gasteiger charge is 2.22. The number of ether oxygens (including phenoxy) is 1. The number of carbonyl (C=O) groups excluding carboxylic acids is 2. The van der Waals surface area contributed by atoms with Gasteiger partial charge in [0.15, 0.2) is 0 Å². The fraction of sp³-hybridized carbons (Fsp3) is 0.440. The number of hydrogen-bond donors (Lipinski definition) is 2. The third-order valence-electron chi connectivity index (χ3n) is 5.76. The minimum Gasteiger partial charge on any atom is -0.495 e. The number of hydrogen-bond acceptors (Lipinski definition) is 4. The van der Waals surface area contributed by atoms with Gasteiger partial charge in [-0.2, -0.15) is 0 Å². The zero-order chi connectivity index (χ0) is 23.1. The highest BCUT2D eigenvalue weighted by atomic mass is 35.5. The van der Waals surface area contributed by atoms with Crippen molar-refractivity contribution in [1.82, 2.24) is 0 Å². The monoisotopic (exact) mass is 474 g/mol. The van der Waals surface area contributed by atoms with Crippen LogP contribution in [0.1, 0.15) is 51.0 Å². The Hall–Kier alpha value is -2.18. The largest absolute Gasteiger partial charge is 0.495 e. The normalized spacial score (nSPS) is 15.1. The summed E-state index contributed by atoms with van der Waals surface area (Å²) < 4.78 is 5.37. The summed E-state index contributed by atoms with van der Waals surface area (Å²) in [6.07, 6.45) is 6.05. The lowest BCUT2D eigenvalue weighted by atomic mass is 9.88. The van der Waals surface area contributed by atoms with Gasteiger partial charge in [0.05, 0.1) is 18.0 Å². The molecule has 1 saturated carbocycles. The first kappa shape index (κ1) is 24.5. The Kier molecular flexibility index (Phi) is 8.88. The van der Waals surface area contributed by atoms with E-state index in [1.54, 1.807) is 13.2 Å². The van der Waals surface area contributed by atoms with Gasteiger partial charge in [0.25, 0.3) is 0 Å². The second kappa shape index (κ2) is 11.6. The van der Waals surface area contributed by atoms with Crippen molar-refractivity contribution in [3.05, 3.63) is 47.0 Å². The van der Waals surface area contributed by atoms with Crippen molar-refractivity contribution < 1.29 is 14.3 Å². The second-order valence-corrected chi connectivity index (χ2v) is 9.84. The minimum absolute atomic E-state index is 0.0989. The molecule has 1 fully saturated rings. The molecule has 172 valence electrons. The first-order chi connectivity index (χ1) is 15.4. The first-order valence-corrected chi connectivity index (χ1v) is 12.4. The van der Waals surface area contributed by atoms with Crippen LogP contribution in [0.4, 0.5) is 11.4 Å². The molecule has 0 radical (unpaired) electrons. The molecule has 0 aromatic heterocycles. The number of carbonyl (C=O) groups is 2. The lowest BCUT2D eigenvalue weighted by molar-refractivity contribution is -0.120. The first-order valence-electron chi connectivity index (χ1n) is 11.1. The maximum absolute atomic E-state index is 13.0. The van der Waals surface area contributed by atoms with E-state index in [0.29, 0.717) is 22.9 Å². The van der Waals surface area contributed by atoms with Gasteiger partial charge in [-0.3, -0.25) is 9.59 Å². The standard InChI is InChI=1S/C25H31ClN2O3S/c1-4-23(25(30)28-21-13-16(2)20(26)15-22(21)31-3)32-19-12-8-11-18(14-19)27-24(29)17-9-6-5-7-10-17/h8,11-15,17,23H,4-7,9-10H2,1-3H3,(H,27,29)(H,28,30). The summed E-state index contributed by atoms with van der Waals surface area (Å²) >= 11 is 7.66. The number of halogens is 1. The summed E-state index contributed by atoms with van der Waals surface area (Å²) in [5, 5.41) is 6.33. The van der Waals surface area contributed by atoms with Crippen LogP contribution < -0.4 is 15.4 Å². The lowest BCUT2D eigenvalue weighted by Gasteiger charge is -2.21. The predicted octanol–water partition coefficient (Wildman–Crippen LogP) is 6.69. The molecule has 1 unspecified atom stereocenters. The van der Waals surface area contributed by atoms with E-state index in [9.17, 15) is 9.59 Å². The molecule has 2 aromatic rings. The summed E-state index contributed by atoms with van der Waals surface area (Å²) in [6.45, 7) is 3.87. The Labute approximate surface area is 199 Å². The molecule has 2 amide bonds. The molecule has 5 nitrogen and oxygen atoms in total. The van der Waals surface area contributed by atoms with Gasteiger partial charge in [-0.1, -0.05) is 43.9 Å². The van der Waals surface area contributed by atoms with Crippen LogP contribution in [0.2, 0.25) is 5.02 Å². The van der Waals surface area contributed by atoms with Crippen LogP contribution in [0.5, 0.6) is 5.75 Å². The molecule has 0 aliphatic heterocycles. The SMILES string of the molecule is CCC(Sc1cccc(NC(=O)C2CCCCC2)c1)C(=O)Nc1cc(C)c(Cl)cc1OC. The Morgan fingerprint density at radius 1 is 1.16 bits per heavy atom. The molecular formula is C25H31ClN2O3S. The van der Waals surface area contributed by atoms with Crippen molar-refractivity contribution in [3.8, 4) is 5.75 Å². The minimum atomic E-state index is -0.292. The molecule has 0 saturated heterocycles. The molecule has 0 spiro atoms. The lowest BCUT2D eigenvalue weighted by Crippen LogP contribution is -2.25. The molecule has 0 bridgehead atoms. The Morgan fingerprint density at radius 2 is 1.91 bits per heavy atom. The zero-order valence-electron chi connectivity index (χ0n) is 18.9. The van der Waals surface area contributed by atoms with Gasteiger partial charge in [-0.15, -0.1) is 11.8 Å². The number of aryl methyl sites for hydroxylation is 1. The maximum Gasteiger partial charge on any atom is 0.237 e. The smallest absolute Gasteiger partial charge is 0.237 e. The molecule has 0 heterocycles. The molecule has 1 aliphatic carbocycles. The summed E-state index contributed by atoms with van der Waals surface area (Å²) in [5.41, 5.74) is 2.24. The van der Waals surface area contributed by atoms with Crippen LogP contribution >= 0.6 is 23.4 Å². The van der Waals surface area contributed by atoms with Crippen molar-refractivity contribution >= 4 is 46.6 Å². The predicted molar refractivity (Wildman–Crippen MR) is 133 cm³/mol. The Balaban J connectivity index is 1.66. The van der Waals surface area contributed by atoms with Crippen LogP contribution in [-0.2, 0) is 9.59 Å². The molecule has 32 heavy (non-hydrogen) atoms. The van der Waals surface area contributed by atoms with E-state index in [2.05, 4.69) is 10.6 Å². The van der Waals surface area contributed by atoms with Crippen molar-refractivity contribution in [3.63, 3.8) is 0 Å². The number of rotatable bonds is 8. The number of nitrogens with one attached hydrogen (secondary N) is 2. The molecule has 1 atom stereocenters. The van der Waals surface area contributed by atoms with Crippen LogP contribution in [0.3, 0.4) is 0 Å². The number of methoxy groups -OCH3 is 1. The van der Waals surface area contributed by atoms with E-state index in [-0.39, 0.29) is 23.0 Å². The van der Waals surface area contributed by atoms with Crippen molar-refractivity contribution in [2.75, 3.05) is 17.7 Å². The van der Waals surface area contributed by atoms with E-state index in [1.165, 1.54) is 18.2 Å². The molecule has 7 heteroatoms. The molecule has 1 aliphatic rings. The van der Waals surface area contributed by atoms with Gasteiger partial charge in [-0.05, 0) is 56.0 Å². The Bertz CT molecular complexity index is 960. The molecule has 3 rings (SSSR count). The van der Waals surface area contributed by atoms with Gasteiger partial charge in [0, 0.05) is 27.6 Å². The average molecular weight is 475 g/mol. The fourth-order valence-electron chi connectivity index (χ4n) is 3.89. The number of thioether (sulfide) groups is 1. The third-order valence-corrected chi connectivity index (χ3v) is 7.52. The van der Waals surface area contributed by atoms with Gasteiger partial charge < -0.3 is 15.4 Å². The highest BCUT2D eigenvalue weighted by Crippen LogP contribution is 2.33. The molecule has 2 aromatic carbocycles. The van der Waals surface area contributed by atoms with Crippen LogP contribution in [0, 0.1) is 12.8 Å². The van der Waals surface area contributed by atoms with Gasteiger partial charge in [0.2, 0.25) is 11.8 Å². The van der Waals surface area contributed by atoms with Gasteiger partial charge in [-0.25, -0.2) is 0 Å². The fourth-order valence-corrected chi connectivity index (χ4v) is 5.05. The quantitative estimate of drug-likeness (QED) is 0.418. The molecule has 2 N–H and O–H groups in total. The number of amides is 2. The van der Waals surface area contributed by atoms with Crippen molar-refractivity contribution in [2.45, 2.75) is 62.5 Å². The van der Waals surface area contributed by atoms with E-state index in [4.69, 9.17) is 16.3 Å². The average Bonchev–Trinajstić information content (AvgIpc) is 2.80. The summed E-state index contributed by atoms with van der Waals surface area (Å²) in [4.78, 5) is 26.5. The topological polar surface area (TPSA) is 67.4 Å². The van der Waals surface area contributed by atoms with Gasteiger partial charge >= 0.3 is 0 Å². The van der Waals surface area contributed by atoms with Crippen LogP contribution in [-0.4, -0.2) is 24.2 Å². The molecular weight excluding hydrogens is 444 g/mol. The maximum atomic E-state index is 13.0. The van der Waals surface area contributed by atoms with Gasteiger partial charge in [0.1, 0.15) is 5.75 Å². The summed E-state index contributed by atoms with van der Waals surface area (Å²) in [5.74, 6) is 0.629. The highest BCUT2D eigenvalue weighted by molar-refractivity contribution is 8.00. The Morgan fingerprint density at radius 3 is 2.59 bits per heavy atom. The van der Waals surface area contributed by atoms with E-state index < -0.39 is 0 Å². The third kappa shape index (κ3) is 6.42. The summed E-state index contributed by atoms with van der Waals surface area (Å²) in [7, 11) is 1.55. The second-order valence-electron chi connectivity index (χ2n) is 8.16. The van der Waals surface area contributed by atoms with E-state index >= 15 is 0 Å². The van der Waals surface area contributed by atoms with E-state index in [0.717, 1.165) is 41.8 Å². The van der Waals surface area contributed by atoms with E-state index in [1.807, 2.05) is 44.2 Å². The van der Waals surface area contributed by atoms with Crippen molar-refractivity contribution in [2.24, 2.45) is 5.92 Å². The zero-order valence-corrected chi connectivity index (χ0v) is 20.4. The number of anilines is 2.